The van der Waals surface area contributed by atoms with Gasteiger partial charge in [-0.25, -0.2) is 4.79 Å². The predicted octanol–water partition coefficient (Wildman–Crippen LogP) is 4.27. The molecule has 0 saturated heterocycles. The Hall–Kier alpha value is -1.73. The Labute approximate surface area is 211 Å². The van der Waals surface area contributed by atoms with E-state index in [1.807, 2.05) is 13.8 Å². The maximum absolute atomic E-state index is 13.6. The fraction of sp³-hybridized carbons (Fsp3) is 0.778. The van der Waals surface area contributed by atoms with Gasteiger partial charge in [0.05, 0.1) is 6.10 Å². The van der Waals surface area contributed by atoms with E-state index in [9.17, 15) is 24.3 Å². The van der Waals surface area contributed by atoms with E-state index < -0.39 is 40.9 Å². The summed E-state index contributed by atoms with van der Waals surface area (Å²) in [6.07, 6.45) is 6.39. The highest BCUT2D eigenvalue weighted by molar-refractivity contribution is 6.38. The summed E-state index contributed by atoms with van der Waals surface area (Å²) in [5.74, 6) is -2.33. The highest BCUT2D eigenvalue weighted by Gasteiger charge is 2.71. The van der Waals surface area contributed by atoms with Crippen molar-refractivity contribution in [2.75, 3.05) is 6.07 Å². The molecule has 0 aromatic carbocycles. The summed E-state index contributed by atoms with van der Waals surface area (Å²) in [6.45, 7) is 6.01. The van der Waals surface area contributed by atoms with Gasteiger partial charge in [-0.3, -0.25) is 14.4 Å². The van der Waals surface area contributed by atoms with Gasteiger partial charge in [-0.2, -0.15) is 0 Å². The van der Waals surface area contributed by atoms with Crippen LogP contribution in [0.1, 0.15) is 85.0 Å². The molecule has 35 heavy (non-hydrogen) atoms. The van der Waals surface area contributed by atoms with Crippen LogP contribution in [0.15, 0.2) is 11.6 Å². The molecule has 0 aromatic heterocycles. The van der Waals surface area contributed by atoms with Crippen LogP contribution >= 0.6 is 11.6 Å². The van der Waals surface area contributed by atoms with E-state index in [1.54, 1.807) is 6.08 Å². The number of carbonyl (C=O) groups excluding carboxylic acids is 4. The second-order valence-corrected chi connectivity index (χ2v) is 11.6. The fourth-order valence-electron chi connectivity index (χ4n) is 8.11. The van der Waals surface area contributed by atoms with Crippen LogP contribution in [0.4, 0.5) is 0 Å². The second-order valence-electron chi connectivity index (χ2n) is 11.4. The van der Waals surface area contributed by atoms with Crippen LogP contribution in [0.25, 0.3) is 0 Å². The largest absolute Gasteiger partial charge is 0.450 e. The Kier molecular flexibility index (Phi) is 7.24. The highest BCUT2D eigenvalue weighted by atomic mass is 35.5. The van der Waals surface area contributed by atoms with Crippen LogP contribution in [-0.2, 0) is 28.7 Å². The Morgan fingerprint density at radius 3 is 2.60 bits per heavy atom. The van der Waals surface area contributed by atoms with Gasteiger partial charge >= 0.3 is 11.9 Å². The highest BCUT2D eigenvalue weighted by Crippen LogP contribution is 2.68. The number of fused-ring (bicyclic) bond motifs is 5. The predicted molar refractivity (Wildman–Crippen MR) is 128 cm³/mol. The Morgan fingerprint density at radius 2 is 1.91 bits per heavy atom. The van der Waals surface area contributed by atoms with Gasteiger partial charge in [0.1, 0.15) is 0 Å². The summed E-state index contributed by atoms with van der Waals surface area (Å²) in [5, 5.41) is 11.6. The van der Waals surface area contributed by atoms with Gasteiger partial charge < -0.3 is 14.6 Å². The van der Waals surface area contributed by atoms with Crippen molar-refractivity contribution in [3.63, 3.8) is 0 Å². The van der Waals surface area contributed by atoms with Gasteiger partial charge in [-0.15, -0.1) is 0 Å². The number of ether oxygens (including phenoxy) is 2. The molecule has 0 radical (unpaired) electrons. The van der Waals surface area contributed by atoms with Crippen LogP contribution in [0.3, 0.4) is 0 Å². The minimum absolute atomic E-state index is 0.0152. The molecular formula is C27H37ClO7. The number of unbranched alkanes of at least 4 members (excludes halogenated alkanes) is 1. The fourth-order valence-corrected chi connectivity index (χ4v) is 8.21. The maximum atomic E-state index is 13.6. The normalized spacial score (nSPS) is 40.1. The molecule has 1 N–H and O–H groups in total. The molecule has 0 spiro atoms. The van der Waals surface area contributed by atoms with Crippen molar-refractivity contribution in [1.82, 2.24) is 0 Å². The Bertz CT molecular complexity index is 944. The van der Waals surface area contributed by atoms with Crippen molar-refractivity contribution in [2.45, 2.75) is 96.7 Å². The van der Waals surface area contributed by atoms with E-state index in [-0.39, 0.29) is 48.2 Å². The molecule has 194 valence electrons. The lowest BCUT2D eigenvalue weighted by molar-refractivity contribution is -0.203. The van der Waals surface area contributed by atoms with Crippen LogP contribution in [0, 0.1) is 28.6 Å². The molecule has 0 aliphatic heterocycles. The van der Waals surface area contributed by atoms with Gasteiger partial charge in [0.2, 0.25) is 0 Å². The maximum Gasteiger partial charge on any atom is 0.380 e. The van der Waals surface area contributed by atoms with E-state index in [1.165, 1.54) is 0 Å². The van der Waals surface area contributed by atoms with Crippen LogP contribution in [-0.4, -0.2) is 46.4 Å². The number of aliphatic hydroxyl groups is 1. The molecule has 0 bridgehead atoms. The number of hydrogen-bond donors (Lipinski definition) is 1. The third kappa shape index (κ3) is 4.07. The number of Topliss-reactive ketones (excluding diaryl/α,β-unsaturated/α-hetero) is 1. The molecule has 0 heterocycles. The topological polar surface area (TPSA) is 107 Å². The molecule has 6 unspecified atom stereocenters. The van der Waals surface area contributed by atoms with Crippen molar-refractivity contribution in [2.24, 2.45) is 28.6 Å². The van der Waals surface area contributed by atoms with Crippen LogP contribution in [0.2, 0.25) is 0 Å². The van der Waals surface area contributed by atoms with Gasteiger partial charge in [0.15, 0.2) is 17.5 Å². The molecule has 4 aliphatic rings. The van der Waals surface area contributed by atoms with Gasteiger partial charge in [0, 0.05) is 18.3 Å². The molecule has 7 atom stereocenters. The first-order valence-corrected chi connectivity index (χ1v) is 13.5. The van der Waals surface area contributed by atoms with Crippen molar-refractivity contribution in [3.05, 3.63) is 11.6 Å². The lowest BCUT2D eigenvalue weighted by atomic mass is 9.45. The monoisotopic (exact) mass is 508 g/mol. The molecular weight excluding hydrogens is 472 g/mol. The zero-order valence-electron chi connectivity index (χ0n) is 20.9. The standard InChI is InChI=1S/C27H37ClO7/c1-4-5-6-21(31)35-27(23(32)24(33)34-15-28)12-10-19-18-8-7-16-13-17(29)9-11-25(16,2)22(18)20(30)14-26(19,27)3/h13,18-20,22,30H,4-12,14-15H2,1-3H3/t18?,19?,20?,22?,25?,26?,27-/m0/s1. The van der Waals surface area contributed by atoms with Crippen molar-refractivity contribution in [1.29, 1.82) is 0 Å². The first kappa shape index (κ1) is 26.3. The van der Waals surface area contributed by atoms with E-state index in [0.29, 0.717) is 25.7 Å². The first-order valence-electron chi connectivity index (χ1n) is 13.0. The number of allylic oxidation sites excluding steroid dienone is 1. The van der Waals surface area contributed by atoms with E-state index in [4.69, 9.17) is 21.1 Å². The lowest BCUT2D eigenvalue weighted by Gasteiger charge is -2.60. The average Bonchev–Trinajstić information content (AvgIpc) is 3.09. The van der Waals surface area contributed by atoms with E-state index in [2.05, 4.69) is 6.92 Å². The summed E-state index contributed by atoms with van der Waals surface area (Å²) >= 11 is 5.57. The molecule has 3 saturated carbocycles. The Morgan fingerprint density at radius 1 is 1.17 bits per heavy atom. The first-order chi connectivity index (χ1) is 16.5. The number of carbonyl (C=O) groups is 4. The SMILES string of the molecule is CCCCC(=O)O[C@]1(C(=O)C(=O)OCCl)CCC2C3CCC4=CC(=O)CCC4(C)C3C(O)CC21C. The minimum Gasteiger partial charge on any atom is -0.450 e. The molecule has 4 aliphatic carbocycles. The van der Waals surface area contributed by atoms with Crippen LogP contribution < -0.4 is 0 Å². The molecule has 4 rings (SSSR count). The minimum atomic E-state index is -1.68. The summed E-state index contributed by atoms with van der Waals surface area (Å²) < 4.78 is 10.8. The zero-order valence-corrected chi connectivity index (χ0v) is 21.7. The zero-order chi connectivity index (χ0) is 25.6. The van der Waals surface area contributed by atoms with Gasteiger partial charge in [0.25, 0.3) is 5.78 Å². The molecule has 8 heteroatoms. The molecule has 7 nitrogen and oxygen atoms in total. The molecule has 3 fully saturated rings. The summed E-state index contributed by atoms with van der Waals surface area (Å²) in [5.41, 5.74) is -1.76. The second kappa shape index (κ2) is 9.62. The van der Waals surface area contributed by atoms with E-state index in [0.717, 1.165) is 24.8 Å². The summed E-state index contributed by atoms with van der Waals surface area (Å²) in [7, 11) is 0. The Balaban J connectivity index is 1.73. The number of esters is 2. The number of rotatable bonds is 7. The van der Waals surface area contributed by atoms with E-state index >= 15 is 0 Å². The summed E-state index contributed by atoms with van der Waals surface area (Å²) in [4.78, 5) is 51.2. The van der Waals surface area contributed by atoms with Crippen LogP contribution in [0.5, 0.6) is 0 Å². The van der Waals surface area contributed by atoms with Gasteiger partial charge in [-0.1, -0.05) is 44.4 Å². The van der Waals surface area contributed by atoms with Crippen molar-refractivity contribution < 1.29 is 33.8 Å². The van der Waals surface area contributed by atoms with Crippen molar-refractivity contribution >= 4 is 35.1 Å². The molecule has 0 amide bonds. The number of aliphatic hydroxyl groups excluding tert-OH is 1. The smallest absolute Gasteiger partial charge is 0.380 e. The number of alkyl halides is 1. The summed E-state index contributed by atoms with van der Waals surface area (Å²) in [6, 6.07) is -0.468. The lowest BCUT2D eigenvalue weighted by Crippen LogP contribution is -2.63. The number of hydrogen-bond acceptors (Lipinski definition) is 7. The molecule has 0 aromatic rings. The number of halogens is 1. The quantitative estimate of drug-likeness (QED) is 0.311. The average molecular weight is 509 g/mol. The third-order valence-electron chi connectivity index (χ3n) is 9.78. The van der Waals surface area contributed by atoms with Crippen molar-refractivity contribution in [3.8, 4) is 0 Å². The number of ketones is 2. The third-order valence-corrected chi connectivity index (χ3v) is 9.89. The van der Waals surface area contributed by atoms with Gasteiger partial charge in [-0.05, 0) is 74.2 Å².